The molecule has 3 nitrogen and oxygen atoms in total. The number of hydrogen-bond acceptors (Lipinski definition) is 3. The third-order valence-electron chi connectivity index (χ3n) is 3.66. The minimum absolute atomic E-state index is 0.0553. The summed E-state index contributed by atoms with van der Waals surface area (Å²) in [5.74, 6) is -0.0685. The Labute approximate surface area is 126 Å². The van der Waals surface area contributed by atoms with E-state index in [0.717, 1.165) is 27.2 Å². The van der Waals surface area contributed by atoms with E-state index in [2.05, 4.69) is 6.07 Å². The first-order chi connectivity index (χ1) is 9.31. The molecule has 110 valence electrons. The normalized spacial score (nSPS) is 12.1. The van der Waals surface area contributed by atoms with Crippen LogP contribution in [-0.2, 0) is 9.53 Å². The molecule has 0 heterocycles. The van der Waals surface area contributed by atoms with Gasteiger partial charge in [0, 0.05) is 12.0 Å². The molecule has 0 saturated heterocycles. The van der Waals surface area contributed by atoms with Crippen LogP contribution in [0, 0.1) is 20.8 Å². The average molecular weight is 293 g/mol. The summed E-state index contributed by atoms with van der Waals surface area (Å²) in [7, 11) is 1.53. The Bertz CT molecular complexity index is 525. The fourth-order valence-corrected chi connectivity index (χ4v) is 2.32. The minimum atomic E-state index is -0.133. The smallest absolute Gasteiger partial charge is 0.253 e. The van der Waals surface area contributed by atoms with Gasteiger partial charge in [0.2, 0.25) is 0 Å². The summed E-state index contributed by atoms with van der Waals surface area (Å²) in [6.07, 6.45) is 0. The summed E-state index contributed by atoms with van der Waals surface area (Å²) < 4.78 is 5.01. The predicted octanol–water partition coefficient (Wildman–Crippen LogP) is 3.37. The zero-order valence-electron chi connectivity index (χ0n) is 13.1. The molecule has 0 aliphatic carbocycles. The number of methoxy groups -OCH3 is 1. The molecule has 0 aromatic heterocycles. The van der Waals surface area contributed by atoms with Gasteiger partial charge in [-0.2, -0.15) is 0 Å². The van der Waals surface area contributed by atoms with E-state index in [4.69, 9.17) is 17.0 Å². The number of anilines is 1. The number of thiocarbonyl (C=S) groups is 1. The molecule has 4 heteroatoms. The van der Waals surface area contributed by atoms with Gasteiger partial charge < -0.3 is 9.64 Å². The van der Waals surface area contributed by atoms with Crippen molar-refractivity contribution in [2.45, 2.75) is 40.7 Å². The third kappa shape index (κ3) is 3.44. The zero-order valence-corrected chi connectivity index (χ0v) is 13.9. The molecule has 0 radical (unpaired) electrons. The molecule has 1 unspecified atom stereocenters. The molecule has 1 atom stereocenters. The van der Waals surface area contributed by atoms with Gasteiger partial charge in [-0.05, 0) is 51.3 Å². The lowest BCUT2D eigenvalue weighted by atomic mass is 10.0. The number of aryl methyl sites for hydroxylation is 2. The van der Waals surface area contributed by atoms with Gasteiger partial charge in [-0.25, -0.2) is 0 Å². The number of carbonyl (C=O) groups excluding carboxylic acids is 1. The predicted molar refractivity (Wildman–Crippen MR) is 87.7 cm³/mol. The maximum absolute atomic E-state index is 12.4. The van der Waals surface area contributed by atoms with Gasteiger partial charge in [0.1, 0.15) is 6.61 Å². The van der Waals surface area contributed by atoms with Crippen LogP contribution < -0.4 is 4.90 Å². The van der Waals surface area contributed by atoms with E-state index in [-0.39, 0.29) is 18.6 Å². The molecule has 0 aliphatic heterocycles. The SMILES string of the molecule is COCC(=O)N(c1c(C)ccc(C)c1C)C(C)C(C)=S. The maximum Gasteiger partial charge on any atom is 0.253 e. The number of amides is 1. The van der Waals surface area contributed by atoms with Crippen molar-refractivity contribution in [3.8, 4) is 0 Å². The van der Waals surface area contributed by atoms with Crippen molar-refractivity contribution in [3.05, 3.63) is 28.8 Å². The molecule has 0 N–H and O–H groups in total. The molecular formula is C16H23NO2S. The van der Waals surface area contributed by atoms with Crippen LogP contribution in [-0.4, -0.2) is 30.5 Å². The van der Waals surface area contributed by atoms with Crippen LogP contribution in [0.4, 0.5) is 5.69 Å². The zero-order chi connectivity index (χ0) is 15.4. The number of carbonyl (C=O) groups is 1. The van der Waals surface area contributed by atoms with Gasteiger partial charge in [-0.3, -0.25) is 4.79 Å². The van der Waals surface area contributed by atoms with Crippen molar-refractivity contribution >= 4 is 28.7 Å². The van der Waals surface area contributed by atoms with Crippen LogP contribution in [0.15, 0.2) is 12.1 Å². The van der Waals surface area contributed by atoms with Crippen molar-refractivity contribution in [2.24, 2.45) is 0 Å². The van der Waals surface area contributed by atoms with E-state index in [1.807, 2.05) is 40.7 Å². The number of nitrogens with zero attached hydrogens (tertiary/aromatic N) is 1. The van der Waals surface area contributed by atoms with Gasteiger partial charge in [-0.15, -0.1) is 0 Å². The summed E-state index contributed by atoms with van der Waals surface area (Å²) >= 11 is 5.28. The van der Waals surface area contributed by atoms with E-state index in [1.165, 1.54) is 7.11 Å². The Morgan fingerprint density at radius 3 is 2.35 bits per heavy atom. The molecule has 1 aromatic rings. The van der Waals surface area contributed by atoms with E-state index in [9.17, 15) is 4.79 Å². The van der Waals surface area contributed by atoms with Gasteiger partial charge in [0.15, 0.2) is 0 Å². The van der Waals surface area contributed by atoms with Crippen molar-refractivity contribution < 1.29 is 9.53 Å². The molecule has 1 amide bonds. The Kier molecular flexibility index (Phi) is 5.84. The molecule has 20 heavy (non-hydrogen) atoms. The van der Waals surface area contributed by atoms with Gasteiger partial charge >= 0.3 is 0 Å². The highest BCUT2D eigenvalue weighted by Gasteiger charge is 2.26. The van der Waals surface area contributed by atoms with Crippen LogP contribution in [0.25, 0.3) is 0 Å². The topological polar surface area (TPSA) is 29.5 Å². The lowest BCUT2D eigenvalue weighted by Crippen LogP contribution is -2.44. The molecule has 0 spiro atoms. The second-order valence-corrected chi connectivity index (χ2v) is 5.80. The lowest BCUT2D eigenvalue weighted by Gasteiger charge is -2.32. The fourth-order valence-electron chi connectivity index (χ4n) is 2.22. The number of ether oxygens (including phenoxy) is 1. The highest BCUT2D eigenvalue weighted by molar-refractivity contribution is 7.80. The van der Waals surface area contributed by atoms with Crippen molar-refractivity contribution in [1.29, 1.82) is 0 Å². The first-order valence-corrected chi connectivity index (χ1v) is 7.10. The quantitative estimate of drug-likeness (QED) is 0.780. The van der Waals surface area contributed by atoms with Crippen LogP contribution in [0.3, 0.4) is 0 Å². The molecule has 0 aliphatic rings. The first kappa shape index (κ1) is 16.8. The second kappa shape index (κ2) is 6.95. The molecule has 1 rings (SSSR count). The Hall–Kier alpha value is -1.26. The Morgan fingerprint density at radius 2 is 1.85 bits per heavy atom. The second-order valence-electron chi connectivity index (χ2n) is 5.16. The standard InChI is InChI=1S/C16H23NO2S/c1-10-7-8-11(2)16(12(10)3)17(13(4)14(5)20)15(18)9-19-6/h7-8,13H,9H2,1-6H3. The van der Waals surface area contributed by atoms with Crippen molar-refractivity contribution in [3.63, 3.8) is 0 Å². The molecule has 0 fully saturated rings. The average Bonchev–Trinajstić information content (AvgIpc) is 2.38. The monoisotopic (exact) mass is 293 g/mol. The maximum atomic E-state index is 12.4. The van der Waals surface area contributed by atoms with E-state index < -0.39 is 0 Å². The van der Waals surface area contributed by atoms with E-state index in [0.29, 0.717) is 0 Å². The van der Waals surface area contributed by atoms with E-state index >= 15 is 0 Å². The van der Waals surface area contributed by atoms with Gasteiger partial charge in [0.05, 0.1) is 11.7 Å². The molecular weight excluding hydrogens is 270 g/mol. The lowest BCUT2D eigenvalue weighted by molar-refractivity contribution is -0.122. The van der Waals surface area contributed by atoms with Crippen LogP contribution >= 0.6 is 12.2 Å². The van der Waals surface area contributed by atoms with Crippen LogP contribution in [0.2, 0.25) is 0 Å². The summed E-state index contributed by atoms with van der Waals surface area (Å²) in [4.78, 5) is 15.0. The van der Waals surface area contributed by atoms with Crippen LogP contribution in [0.1, 0.15) is 30.5 Å². The first-order valence-electron chi connectivity index (χ1n) is 6.69. The Morgan fingerprint density at radius 1 is 1.30 bits per heavy atom. The number of hydrogen-bond donors (Lipinski definition) is 0. The van der Waals surface area contributed by atoms with Gasteiger partial charge in [0.25, 0.3) is 5.91 Å². The van der Waals surface area contributed by atoms with Crippen LogP contribution in [0.5, 0.6) is 0 Å². The highest BCUT2D eigenvalue weighted by atomic mass is 32.1. The van der Waals surface area contributed by atoms with Crippen molar-refractivity contribution in [2.75, 3.05) is 18.6 Å². The van der Waals surface area contributed by atoms with Gasteiger partial charge in [-0.1, -0.05) is 24.4 Å². The summed E-state index contributed by atoms with van der Waals surface area (Å²) in [6.45, 7) is 9.98. The molecule has 1 aromatic carbocycles. The summed E-state index contributed by atoms with van der Waals surface area (Å²) in [5.41, 5.74) is 4.29. The minimum Gasteiger partial charge on any atom is -0.375 e. The highest BCUT2D eigenvalue weighted by Crippen LogP contribution is 2.29. The molecule has 0 bridgehead atoms. The fraction of sp³-hybridized carbons (Fsp3) is 0.500. The molecule has 0 saturated carbocycles. The summed E-state index contributed by atoms with van der Waals surface area (Å²) in [6, 6.07) is 3.98. The third-order valence-corrected chi connectivity index (χ3v) is 4.00. The largest absolute Gasteiger partial charge is 0.375 e. The number of rotatable bonds is 5. The summed E-state index contributed by atoms with van der Waals surface area (Å²) in [5, 5.41) is 0. The number of benzene rings is 1. The van der Waals surface area contributed by atoms with Crippen molar-refractivity contribution in [1.82, 2.24) is 0 Å². The Balaban J connectivity index is 3.41. The van der Waals surface area contributed by atoms with E-state index in [1.54, 1.807) is 4.90 Å².